The van der Waals surface area contributed by atoms with Crippen molar-refractivity contribution in [2.24, 2.45) is 0 Å². The second-order valence-corrected chi connectivity index (χ2v) is 5.05. The van der Waals surface area contributed by atoms with Crippen molar-refractivity contribution in [1.82, 2.24) is 4.98 Å². The molecule has 0 saturated heterocycles. The molecule has 0 N–H and O–H groups in total. The summed E-state index contributed by atoms with van der Waals surface area (Å²) < 4.78 is 26.6. The third-order valence-electron chi connectivity index (χ3n) is 2.73. The zero-order valence-electron chi connectivity index (χ0n) is 9.81. The number of nitrogens with zero attached hydrogens (tertiary/aromatic N) is 1. The summed E-state index contributed by atoms with van der Waals surface area (Å²) in [5.74, 6) is -1.17. The third-order valence-corrected chi connectivity index (χ3v) is 3.81. The normalized spacial score (nSPS) is 10.6. The van der Waals surface area contributed by atoms with Crippen molar-refractivity contribution >= 4 is 11.3 Å². The Kier molecular flexibility index (Phi) is 3.09. The molecule has 0 atom stereocenters. The van der Waals surface area contributed by atoms with Crippen LogP contribution in [0.25, 0.3) is 21.0 Å². The van der Waals surface area contributed by atoms with Crippen LogP contribution in [0.1, 0.15) is 0 Å². The Morgan fingerprint density at radius 3 is 2.47 bits per heavy atom. The largest absolute Gasteiger partial charge is 0.244 e. The van der Waals surface area contributed by atoms with Gasteiger partial charge in [0.15, 0.2) is 0 Å². The van der Waals surface area contributed by atoms with Gasteiger partial charge in [-0.3, -0.25) is 0 Å². The van der Waals surface area contributed by atoms with Crippen LogP contribution < -0.4 is 0 Å². The lowest BCUT2D eigenvalue weighted by Gasteiger charge is -1.98. The highest BCUT2D eigenvalue weighted by Gasteiger charge is 2.11. The van der Waals surface area contributed by atoms with Gasteiger partial charge >= 0.3 is 0 Å². The van der Waals surface area contributed by atoms with Crippen LogP contribution >= 0.6 is 11.3 Å². The van der Waals surface area contributed by atoms with E-state index in [9.17, 15) is 8.78 Å². The average Bonchev–Trinajstić information content (AvgIpc) is 2.89. The van der Waals surface area contributed by atoms with E-state index in [1.54, 1.807) is 6.20 Å². The molecule has 1 heterocycles. The van der Waals surface area contributed by atoms with Gasteiger partial charge in [0, 0.05) is 17.8 Å². The standard InChI is InChI=1S/C15H9F2NS/c16-11-6-7-12(13(17)8-11)15-18-9-14(19-15)10-4-2-1-3-5-10/h1-9H. The Labute approximate surface area is 113 Å². The van der Waals surface area contributed by atoms with Crippen molar-refractivity contribution in [2.45, 2.75) is 0 Å². The third kappa shape index (κ3) is 2.39. The maximum atomic E-state index is 13.7. The van der Waals surface area contributed by atoms with Crippen molar-refractivity contribution in [1.29, 1.82) is 0 Å². The fraction of sp³-hybridized carbons (Fsp3) is 0. The summed E-state index contributed by atoms with van der Waals surface area (Å²) in [5, 5.41) is 0.552. The second-order valence-electron chi connectivity index (χ2n) is 4.02. The minimum Gasteiger partial charge on any atom is -0.244 e. The Morgan fingerprint density at radius 1 is 0.947 bits per heavy atom. The van der Waals surface area contributed by atoms with Gasteiger partial charge in [0.25, 0.3) is 0 Å². The molecule has 19 heavy (non-hydrogen) atoms. The van der Waals surface area contributed by atoms with E-state index in [0.29, 0.717) is 10.6 Å². The fourth-order valence-electron chi connectivity index (χ4n) is 1.80. The van der Waals surface area contributed by atoms with E-state index in [-0.39, 0.29) is 0 Å². The van der Waals surface area contributed by atoms with Crippen molar-refractivity contribution in [2.75, 3.05) is 0 Å². The van der Waals surface area contributed by atoms with E-state index >= 15 is 0 Å². The van der Waals surface area contributed by atoms with Crippen molar-refractivity contribution < 1.29 is 8.78 Å². The van der Waals surface area contributed by atoms with Gasteiger partial charge in [-0.05, 0) is 17.7 Å². The van der Waals surface area contributed by atoms with Crippen molar-refractivity contribution in [3.8, 4) is 21.0 Å². The number of halogens is 2. The Hall–Kier alpha value is -2.07. The molecule has 0 amide bonds. The lowest BCUT2D eigenvalue weighted by atomic mass is 10.2. The molecule has 1 nitrogen and oxygen atoms in total. The van der Waals surface area contributed by atoms with E-state index in [4.69, 9.17) is 0 Å². The van der Waals surface area contributed by atoms with Crippen molar-refractivity contribution in [3.05, 3.63) is 66.4 Å². The molecule has 3 aromatic rings. The summed E-state index contributed by atoms with van der Waals surface area (Å²) in [6, 6.07) is 13.3. The highest BCUT2D eigenvalue weighted by molar-refractivity contribution is 7.18. The predicted molar refractivity (Wildman–Crippen MR) is 72.9 cm³/mol. The lowest BCUT2D eigenvalue weighted by molar-refractivity contribution is 0.585. The van der Waals surface area contributed by atoms with Crippen molar-refractivity contribution in [3.63, 3.8) is 0 Å². The first-order valence-electron chi connectivity index (χ1n) is 5.71. The molecule has 2 aromatic carbocycles. The van der Waals surface area contributed by atoms with Gasteiger partial charge in [0.2, 0.25) is 0 Å². The van der Waals surface area contributed by atoms with Gasteiger partial charge in [-0.2, -0.15) is 0 Å². The van der Waals surface area contributed by atoms with E-state index < -0.39 is 11.6 Å². The zero-order valence-corrected chi connectivity index (χ0v) is 10.6. The Bertz CT molecular complexity index is 707. The molecule has 0 radical (unpaired) electrons. The molecule has 0 aliphatic heterocycles. The highest BCUT2D eigenvalue weighted by atomic mass is 32.1. The molecule has 0 saturated carbocycles. The Balaban J connectivity index is 2.02. The van der Waals surface area contributed by atoms with Gasteiger partial charge in [-0.1, -0.05) is 30.3 Å². The maximum Gasteiger partial charge on any atom is 0.136 e. The fourth-order valence-corrected chi connectivity index (χ4v) is 2.75. The van der Waals surface area contributed by atoms with E-state index in [1.165, 1.54) is 23.5 Å². The first-order chi connectivity index (χ1) is 9.24. The van der Waals surface area contributed by atoms with Gasteiger partial charge in [0.05, 0.1) is 4.88 Å². The van der Waals surface area contributed by atoms with Crippen LogP contribution in [0.4, 0.5) is 8.78 Å². The summed E-state index contributed by atoms with van der Waals surface area (Å²) in [4.78, 5) is 5.17. The molecule has 0 spiro atoms. The topological polar surface area (TPSA) is 12.9 Å². The molecular formula is C15H9F2NS. The number of rotatable bonds is 2. The maximum absolute atomic E-state index is 13.7. The summed E-state index contributed by atoms with van der Waals surface area (Å²) >= 11 is 1.39. The first kappa shape index (κ1) is 12.0. The minimum absolute atomic E-state index is 0.327. The minimum atomic E-state index is -0.589. The number of hydrogen-bond acceptors (Lipinski definition) is 2. The van der Waals surface area contributed by atoms with Gasteiger partial charge in [-0.15, -0.1) is 11.3 Å². The summed E-state index contributed by atoms with van der Waals surface area (Å²) in [6.07, 6.45) is 1.71. The smallest absolute Gasteiger partial charge is 0.136 e. The highest BCUT2D eigenvalue weighted by Crippen LogP contribution is 2.33. The van der Waals surface area contributed by atoms with Crippen LogP contribution in [0.3, 0.4) is 0 Å². The monoisotopic (exact) mass is 273 g/mol. The quantitative estimate of drug-likeness (QED) is 0.656. The zero-order chi connectivity index (χ0) is 13.2. The SMILES string of the molecule is Fc1ccc(-c2ncc(-c3ccccc3)s2)c(F)c1. The van der Waals surface area contributed by atoms with Crippen LogP contribution in [-0.2, 0) is 0 Å². The molecule has 3 rings (SSSR count). The number of thiazole rings is 1. The van der Waals surface area contributed by atoms with Crippen LogP contribution in [0, 0.1) is 11.6 Å². The molecule has 4 heteroatoms. The van der Waals surface area contributed by atoms with Gasteiger partial charge < -0.3 is 0 Å². The van der Waals surface area contributed by atoms with E-state index in [2.05, 4.69) is 4.98 Å². The molecule has 1 aromatic heterocycles. The molecular weight excluding hydrogens is 264 g/mol. The number of hydrogen-bond donors (Lipinski definition) is 0. The summed E-state index contributed by atoms with van der Waals surface area (Å²) in [7, 11) is 0. The van der Waals surface area contributed by atoms with Crippen LogP contribution in [0.5, 0.6) is 0 Å². The molecule has 0 aliphatic rings. The van der Waals surface area contributed by atoms with Crippen LogP contribution in [-0.4, -0.2) is 4.98 Å². The molecule has 0 bridgehead atoms. The summed E-state index contributed by atoms with van der Waals surface area (Å²) in [6.45, 7) is 0. The Morgan fingerprint density at radius 2 is 1.74 bits per heavy atom. The average molecular weight is 273 g/mol. The predicted octanol–water partition coefficient (Wildman–Crippen LogP) is 4.76. The second kappa shape index (κ2) is 4.90. The number of aromatic nitrogens is 1. The summed E-state index contributed by atoms with van der Waals surface area (Å²) in [5.41, 5.74) is 1.36. The molecule has 0 unspecified atom stereocenters. The molecule has 0 fully saturated rings. The molecule has 94 valence electrons. The van der Waals surface area contributed by atoms with E-state index in [1.807, 2.05) is 30.3 Å². The van der Waals surface area contributed by atoms with Gasteiger partial charge in [-0.25, -0.2) is 13.8 Å². The first-order valence-corrected chi connectivity index (χ1v) is 6.52. The van der Waals surface area contributed by atoms with Crippen LogP contribution in [0.15, 0.2) is 54.7 Å². The van der Waals surface area contributed by atoms with Gasteiger partial charge in [0.1, 0.15) is 16.6 Å². The number of benzene rings is 2. The van der Waals surface area contributed by atoms with Crippen LogP contribution in [0.2, 0.25) is 0 Å². The lowest BCUT2D eigenvalue weighted by Crippen LogP contribution is -1.84. The molecule has 0 aliphatic carbocycles. The van der Waals surface area contributed by atoms with E-state index in [0.717, 1.165) is 16.5 Å².